The molecule has 0 spiro atoms. The number of thioether (sulfide) groups is 1. The second kappa shape index (κ2) is 10.6. The zero-order chi connectivity index (χ0) is 22.2. The molecule has 3 rings (SSSR count). The highest BCUT2D eigenvalue weighted by Gasteiger charge is 2.16. The molecule has 3 aromatic rings. The fraction of sp³-hybridized carbons (Fsp3) is 0.261. The van der Waals surface area contributed by atoms with Crippen molar-refractivity contribution in [3.05, 3.63) is 76.7 Å². The normalized spacial score (nSPS) is 10.6. The van der Waals surface area contributed by atoms with Crippen LogP contribution in [0.1, 0.15) is 28.8 Å². The molecular weight excluding hydrogens is 413 g/mol. The monoisotopic (exact) mass is 437 g/mol. The SMILES string of the molecule is Cc1cccc(CSCC(=O)NCCCc2nn(-c3ccc(F)cc3)c(N)c2C#N)c1. The highest BCUT2D eigenvalue weighted by molar-refractivity contribution is 7.99. The first kappa shape index (κ1) is 22.4. The van der Waals surface area contributed by atoms with E-state index in [1.807, 2.05) is 6.07 Å². The third-order valence-electron chi connectivity index (χ3n) is 4.67. The standard InChI is InChI=1S/C23H24FN5OS/c1-16-4-2-5-17(12-16)14-31-15-22(30)27-11-3-6-21-20(13-25)23(26)29(28-21)19-9-7-18(24)8-10-19/h2,4-5,7-10,12H,3,6,11,14-15,26H2,1H3,(H,27,30). The molecule has 3 N–H and O–H groups in total. The maximum Gasteiger partial charge on any atom is 0.230 e. The van der Waals surface area contributed by atoms with Gasteiger partial charge in [-0.3, -0.25) is 4.79 Å². The van der Waals surface area contributed by atoms with Gasteiger partial charge in [-0.2, -0.15) is 10.4 Å². The molecule has 8 heteroatoms. The van der Waals surface area contributed by atoms with Gasteiger partial charge < -0.3 is 11.1 Å². The number of hydrogen-bond acceptors (Lipinski definition) is 5. The second-order valence-electron chi connectivity index (χ2n) is 7.14. The summed E-state index contributed by atoms with van der Waals surface area (Å²) in [4.78, 5) is 12.1. The van der Waals surface area contributed by atoms with Gasteiger partial charge in [0.15, 0.2) is 0 Å². The van der Waals surface area contributed by atoms with Gasteiger partial charge in [0.25, 0.3) is 0 Å². The van der Waals surface area contributed by atoms with Gasteiger partial charge in [-0.05, 0) is 49.6 Å². The third kappa shape index (κ3) is 6.09. The number of nitriles is 1. The number of halogens is 1. The number of nitrogens with zero attached hydrogens (tertiary/aromatic N) is 3. The summed E-state index contributed by atoms with van der Waals surface area (Å²) in [5, 5.41) is 16.8. The fourth-order valence-corrected chi connectivity index (χ4v) is 3.96. The first-order chi connectivity index (χ1) is 15.0. The van der Waals surface area contributed by atoms with Crippen molar-refractivity contribution in [1.82, 2.24) is 15.1 Å². The van der Waals surface area contributed by atoms with Crippen LogP contribution >= 0.6 is 11.8 Å². The van der Waals surface area contributed by atoms with Gasteiger partial charge in [-0.15, -0.1) is 11.8 Å². The molecule has 1 aromatic heterocycles. The number of amides is 1. The molecule has 0 aliphatic rings. The largest absolute Gasteiger partial charge is 0.382 e. The number of rotatable bonds is 9. The lowest BCUT2D eigenvalue weighted by molar-refractivity contribution is -0.118. The highest BCUT2D eigenvalue weighted by atomic mass is 32.2. The van der Waals surface area contributed by atoms with Crippen LogP contribution in [-0.2, 0) is 17.0 Å². The molecule has 0 atom stereocenters. The van der Waals surface area contributed by atoms with E-state index in [0.717, 1.165) is 5.75 Å². The summed E-state index contributed by atoms with van der Waals surface area (Å²) in [6.07, 6.45) is 1.13. The molecule has 0 radical (unpaired) electrons. The van der Waals surface area contributed by atoms with E-state index in [4.69, 9.17) is 5.73 Å². The maximum atomic E-state index is 13.2. The first-order valence-corrected chi connectivity index (χ1v) is 11.1. The van der Waals surface area contributed by atoms with Crippen molar-refractivity contribution in [1.29, 1.82) is 5.26 Å². The molecule has 0 saturated heterocycles. The van der Waals surface area contributed by atoms with Crippen molar-refractivity contribution in [2.45, 2.75) is 25.5 Å². The summed E-state index contributed by atoms with van der Waals surface area (Å²) in [6, 6.07) is 16.1. The lowest BCUT2D eigenvalue weighted by Gasteiger charge is -2.05. The number of carbonyl (C=O) groups is 1. The Hall–Kier alpha value is -3.31. The second-order valence-corrected chi connectivity index (χ2v) is 8.13. The summed E-state index contributed by atoms with van der Waals surface area (Å²) in [6.45, 7) is 2.53. The Labute approximate surface area is 185 Å². The number of nitrogens with two attached hydrogens (primary N) is 1. The third-order valence-corrected chi connectivity index (χ3v) is 5.68. The number of aryl methyl sites for hydroxylation is 2. The molecule has 0 aliphatic heterocycles. The van der Waals surface area contributed by atoms with Gasteiger partial charge in [0.05, 0.1) is 17.1 Å². The Bertz CT molecular complexity index is 1090. The number of aromatic nitrogens is 2. The van der Waals surface area contributed by atoms with E-state index >= 15 is 0 Å². The number of nitrogen functional groups attached to an aromatic ring is 1. The topological polar surface area (TPSA) is 96.7 Å². The van der Waals surface area contributed by atoms with E-state index in [1.165, 1.54) is 27.9 Å². The first-order valence-electron chi connectivity index (χ1n) is 9.91. The van der Waals surface area contributed by atoms with Crippen LogP contribution in [0.15, 0.2) is 48.5 Å². The minimum absolute atomic E-state index is 0.0190. The van der Waals surface area contributed by atoms with Crippen molar-refractivity contribution in [2.24, 2.45) is 0 Å². The Morgan fingerprint density at radius 1 is 1.29 bits per heavy atom. The van der Waals surface area contributed by atoms with Crippen molar-refractivity contribution in [2.75, 3.05) is 18.0 Å². The van der Waals surface area contributed by atoms with Gasteiger partial charge >= 0.3 is 0 Å². The fourth-order valence-electron chi connectivity index (χ4n) is 3.15. The molecule has 0 fully saturated rings. The van der Waals surface area contributed by atoms with Crippen LogP contribution in [0.5, 0.6) is 0 Å². The van der Waals surface area contributed by atoms with Crippen molar-refractivity contribution in [3.8, 4) is 11.8 Å². The van der Waals surface area contributed by atoms with E-state index < -0.39 is 0 Å². The van der Waals surface area contributed by atoms with Crippen LogP contribution in [-0.4, -0.2) is 28.0 Å². The lowest BCUT2D eigenvalue weighted by atomic mass is 10.1. The number of carbonyl (C=O) groups excluding carboxylic acids is 1. The Kier molecular flexibility index (Phi) is 7.68. The summed E-state index contributed by atoms with van der Waals surface area (Å²) < 4.78 is 14.6. The molecule has 1 heterocycles. The number of nitrogens with one attached hydrogen (secondary N) is 1. The van der Waals surface area contributed by atoms with Gasteiger partial charge in [-0.1, -0.05) is 29.8 Å². The van der Waals surface area contributed by atoms with Gasteiger partial charge in [0.1, 0.15) is 23.3 Å². The van der Waals surface area contributed by atoms with E-state index in [1.54, 1.807) is 23.9 Å². The van der Waals surface area contributed by atoms with Crippen LogP contribution in [0.4, 0.5) is 10.2 Å². The average Bonchev–Trinajstić information content (AvgIpc) is 3.07. The van der Waals surface area contributed by atoms with Gasteiger partial charge in [0.2, 0.25) is 5.91 Å². The maximum absolute atomic E-state index is 13.2. The average molecular weight is 438 g/mol. The van der Waals surface area contributed by atoms with E-state index in [-0.39, 0.29) is 17.5 Å². The van der Waals surface area contributed by atoms with Crippen molar-refractivity contribution < 1.29 is 9.18 Å². The van der Waals surface area contributed by atoms with Crippen LogP contribution in [0.25, 0.3) is 5.69 Å². The molecule has 6 nitrogen and oxygen atoms in total. The summed E-state index contributed by atoms with van der Waals surface area (Å²) in [5.74, 6) is 1.03. The van der Waals surface area contributed by atoms with Gasteiger partial charge in [-0.25, -0.2) is 9.07 Å². The van der Waals surface area contributed by atoms with E-state index in [9.17, 15) is 14.4 Å². The molecule has 1 amide bonds. The van der Waals surface area contributed by atoms with Crippen LogP contribution in [0.2, 0.25) is 0 Å². The van der Waals surface area contributed by atoms with Crippen LogP contribution in [0, 0.1) is 24.1 Å². The number of hydrogen-bond donors (Lipinski definition) is 2. The molecule has 0 unspecified atom stereocenters. The minimum Gasteiger partial charge on any atom is -0.382 e. The van der Waals surface area contributed by atoms with Crippen LogP contribution in [0.3, 0.4) is 0 Å². The Balaban J connectivity index is 1.47. The van der Waals surface area contributed by atoms with E-state index in [0.29, 0.717) is 42.1 Å². The predicted molar refractivity (Wildman–Crippen MR) is 121 cm³/mol. The molecule has 31 heavy (non-hydrogen) atoms. The van der Waals surface area contributed by atoms with Gasteiger partial charge in [0, 0.05) is 12.3 Å². The Morgan fingerprint density at radius 3 is 2.77 bits per heavy atom. The molecule has 160 valence electrons. The van der Waals surface area contributed by atoms with Crippen molar-refractivity contribution in [3.63, 3.8) is 0 Å². The molecular formula is C23H24FN5OS. The predicted octanol–water partition coefficient (Wildman–Crippen LogP) is 3.76. The highest BCUT2D eigenvalue weighted by Crippen LogP contribution is 2.21. The summed E-state index contributed by atoms with van der Waals surface area (Å²) in [5.41, 5.74) is 9.93. The number of benzene rings is 2. The van der Waals surface area contributed by atoms with E-state index in [2.05, 4.69) is 41.6 Å². The van der Waals surface area contributed by atoms with Crippen LogP contribution < -0.4 is 11.1 Å². The van der Waals surface area contributed by atoms with Crippen molar-refractivity contribution >= 4 is 23.5 Å². The molecule has 0 aliphatic carbocycles. The molecule has 0 bridgehead atoms. The summed E-state index contributed by atoms with van der Waals surface area (Å²) >= 11 is 1.57. The minimum atomic E-state index is -0.358. The number of anilines is 1. The zero-order valence-electron chi connectivity index (χ0n) is 17.3. The summed E-state index contributed by atoms with van der Waals surface area (Å²) in [7, 11) is 0. The lowest BCUT2D eigenvalue weighted by Crippen LogP contribution is -2.26. The molecule has 2 aromatic carbocycles. The smallest absolute Gasteiger partial charge is 0.230 e. The zero-order valence-corrected chi connectivity index (χ0v) is 18.1. The quantitative estimate of drug-likeness (QED) is 0.497. The Morgan fingerprint density at radius 2 is 2.06 bits per heavy atom. The molecule has 0 saturated carbocycles.